The van der Waals surface area contributed by atoms with Crippen LogP contribution in [0.1, 0.15) is 20.3 Å². The lowest BCUT2D eigenvalue weighted by Crippen LogP contribution is -2.41. The zero-order valence-electron chi connectivity index (χ0n) is 15.8. The Balaban J connectivity index is 1.73. The molecular weight excluding hydrogens is 334 g/mol. The highest BCUT2D eigenvalue weighted by Crippen LogP contribution is 2.24. The fourth-order valence-electron chi connectivity index (χ4n) is 3.08. The Hall–Kier alpha value is -3.07. The minimum Gasteiger partial charge on any atom is -0.481 e. The number of likely N-dealkylation sites (N-methyl/N-ethyl adjacent to an activating group) is 1. The van der Waals surface area contributed by atoms with Crippen LogP contribution in [0.15, 0.2) is 84.9 Å². The van der Waals surface area contributed by atoms with Gasteiger partial charge in [0, 0.05) is 12.2 Å². The van der Waals surface area contributed by atoms with Gasteiger partial charge in [-0.2, -0.15) is 0 Å². The van der Waals surface area contributed by atoms with E-state index >= 15 is 0 Å². The van der Waals surface area contributed by atoms with Gasteiger partial charge in [0.15, 0.2) is 6.10 Å². The third-order valence-corrected chi connectivity index (χ3v) is 4.54. The molecule has 3 aromatic rings. The van der Waals surface area contributed by atoms with Gasteiger partial charge in [-0.25, -0.2) is 0 Å². The van der Waals surface area contributed by atoms with Crippen LogP contribution in [0.4, 0.5) is 5.69 Å². The normalized spacial score (nSPS) is 11.6. The number of amides is 1. The molecule has 0 fully saturated rings. The molecule has 3 heteroatoms. The second-order valence-corrected chi connectivity index (χ2v) is 6.32. The molecule has 1 amide bonds. The minimum absolute atomic E-state index is 0.0154. The van der Waals surface area contributed by atoms with Crippen LogP contribution in [0.3, 0.4) is 0 Å². The molecule has 138 valence electrons. The summed E-state index contributed by atoms with van der Waals surface area (Å²) in [5, 5.41) is 0. The van der Waals surface area contributed by atoms with E-state index in [0.717, 1.165) is 16.8 Å². The second kappa shape index (κ2) is 9.04. The molecule has 0 aliphatic carbocycles. The number of anilines is 1. The number of nitrogens with zero attached hydrogens (tertiary/aromatic N) is 1. The molecule has 0 aliphatic heterocycles. The lowest BCUT2D eigenvalue weighted by Gasteiger charge is -2.26. The van der Waals surface area contributed by atoms with E-state index < -0.39 is 6.10 Å². The first-order valence-corrected chi connectivity index (χ1v) is 9.41. The summed E-state index contributed by atoms with van der Waals surface area (Å²) in [5.74, 6) is 0.692. The number of hydrogen-bond donors (Lipinski definition) is 0. The van der Waals surface area contributed by atoms with Crippen LogP contribution in [0, 0.1) is 0 Å². The second-order valence-electron chi connectivity index (χ2n) is 6.32. The van der Waals surface area contributed by atoms with Crippen LogP contribution in [-0.2, 0) is 4.79 Å². The summed E-state index contributed by atoms with van der Waals surface area (Å²) in [6.07, 6.45) is 0.107. The minimum atomic E-state index is -0.507. The third-order valence-electron chi connectivity index (χ3n) is 4.54. The van der Waals surface area contributed by atoms with E-state index in [1.165, 1.54) is 0 Å². The van der Waals surface area contributed by atoms with Gasteiger partial charge >= 0.3 is 0 Å². The van der Waals surface area contributed by atoms with Crippen molar-refractivity contribution in [3.8, 4) is 16.9 Å². The van der Waals surface area contributed by atoms with Gasteiger partial charge in [0.2, 0.25) is 0 Å². The monoisotopic (exact) mass is 359 g/mol. The molecule has 0 saturated heterocycles. The molecule has 0 N–H and O–H groups in total. The van der Waals surface area contributed by atoms with Gasteiger partial charge < -0.3 is 9.64 Å². The molecular formula is C24H25NO2. The van der Waals surface area contributed by atoms with Crippen molar-refractivity contribution >= 4 is 11.6 Å². The van der Waals surface area contributed by atoms with E-state index in [-0.39, 0.29) is 5.91 Å². The van der Waals surface area contributed by atoms with Crippen LogP contribution >= 0.6 is 0 Å². The van der Waals surface area contributed by atoms with E-state index in [4.69, 9.17) is 4.74 Å². The fraction of sp³-hybridized carbons (Fsp3) is 0.208. The SMILES string of the molecule is CCC(Oc1ccc(-c2ccccc2)cc1)C(=O)N(CC)c1ccccc1. The van der Waals surface area contributed by atoms with Gasteiger partial charge in [-0.05, 0) is 48.7 Å². The largest absolute Gasteiger partial charge is 0.481 e. The van der Waals surface area contributed by atoms with Crippen LogP contribution < -0.4 is 9.64 Å². The number of ether oxygens (including phenoxy) is 1. The topological polar surface area (TPSA) is 29.5 Å². The molecule has 0 saturated carbocycles. The van der Waals surface area contributed by atoms with Crippen molar-refractivity contribution in [3.63, 3.8) is 0 Å². The molecule has 0 aliphatic rings. The van der Waals surface area contributed by atoms with Gasteiger partial charge in [-0.15, -0.1) is 0 Å². The molecule has 0 spiro atoms. The summed E-state index contributed by atoms with van der Waals surface area (Å²) in [7, 11) is 0. The molecule has 0 radical (unpaired) electrons. The van der Waals surface area contributed by atoms with Gasteiger partial charge in [-0.1, -0.05) is 67.6 Å². The molecule has 1 atom stereocenters. The Kier molecular flexibility index (Phi) is 6.26. The zero-order valence-corrected chi connectivity index (χ0v) is 15.8. The molecule has 0 aromatic heterocycles. The Morgan fingerprint density at radius 3 is 1.93 bits per heavy atom. The van der Waals surface area contributed by atoms with Crippen molar-refractivity contribution in [2.24, 2.45) is 0 Å². The lowest BCUT2D eigenvalue weighted by molar-refractivity contribution is -0.125. The van der Waals surface area contributed by atoms with Crippen molar-refractivity contribution in [3.05, 3.63) is 84.9 Å². The molecule has 3 aromatic carbocycles. The Bertz CT molecular complexity index is 845. The average molecular weight is 359 g/mol. The molecule has 3 nitrogen and oxygen atoms in total. The quantitative estimate of drug-likeness (QED) is 0.552. The van der Waals surface area contributed by atoms with E-state index in [1.807, 2.05) is 86.6 Å². The molecule has 1 unspecified atom stereocenters. The van der Waals surface area contributed by atoms with E-state index in [1.54, 1.807) is 4.90 Å². The van der Waals surface area contributed by atoms with Crippen molar-refractivity contribution in [1.29, 1.82) is 0 Å². The Morgan fingerprint density at radius 2 is 1.37 bits per heavy atom. The summed E-state index contributed by atoms with van der Waals surface area (Å²) in [6.45, 7) is 4.56. The zero-order chi connectivity index (χ0) is 19.1. The van der Waals surface area contributed by atoms with E-state index in [2.05, 4.69) is 12.1 Å². The number of hydrogen-bond acceptors (Lipinski definition) is 2. The maximum Gasteiger partial charge on any atom is 0.268 e. The van der Waals surface area contributed by atoms with Crippen LogP contribution in [-0.4, -0.2) is 18.6 Å². The van der Waals surface area contributed by atoms with Gasteiger partial charge in [0.1, 0.15) is 5.75 Å². The molecule has 0 heterocycles. The lowest BCUT2D eigenvalue weighted by atomic mass is 10.1. The highest BCUT2D eigenvalue weighted by Gasteiger charge is 2.24. The van der Waals surface area contributed by atoms with Crippen molar-refractivity contribution in [2.45, 2.75) is 26.4 Å². The first-order valence-electron chi connectivity index (χ1n) is 9.41. The van der Waals surface area contributed by atoms with Gasteiger partial charge in [0.05, 0.1) is 0 Å². The molecule has 27 heavy (non-hydrogen) atoms. The summed E-state index contributed by atoms with van der Waals surface area (Å²) in [6, 6.07) is 27.8. The predicted molar refractivity (Wildman–Crippen MR) is 111 cm³/mol. The van der Waals surface area contributed by atoms with E-state index in [9.17, 15) is 4.79 Å². The standard InChI is InChI=1S/C24H25NO2/c1-3-23(24(26)25(4-2)21-13-9-6-10-14-21)27-22-17-15-20(16-18-22)19-11-7-5-8-12-19/h5-18,23H,3-4H2,1-2H3. The van der Waals surface area contributed by atoms with E-state index in [0.29, 0.717) is 18.7 Å². The van der Waals surface area contributed by atoms with Crippen molar-refractivity contribution < 1.29 is 9.53 Å². The molecule has 0 bridgehead atoms. The van der Waals surface area contributed by atoms with Gasteiger partial charge in [0.25, 0.3) is 5.91 Å². The average Bonchev–Trinajstić information content (AvgIpc) is 2.74. The Morgan fingerprint density at radius 1 is 0.815 bits per heavy atom. The number of rotatable bonds is 7. The van der Waals surface area contributed by atoms with Gasteiger partial charge in [-0.3, -0.25) is 4.79 Å². The van der Waals surface area contributed by atoms with Crippen LogP contribution in [0.2, 0.25) is 0 Å². The summed E-state index contributed by atoms with van der Waals surface area (Å²) >= 11 is 0. The summed E-state index contributed by atoms with van der Waals surface area (Å²) in [5.41, 5.74) is 3.18. The Labute approximate surface area is 161 Å². The van der Waals surface area contributed by atoms with Crippen molar-refractivity contribution in [1.82, 2.24) is 0 Å². The van der Waals surface area contributed by atoms with Crippen LogP contribution in [0.5, 0.6) is 5.75 Å². The maximum atomic E-state index is 13.0. The number of benzene rings is 3. The smallest absolute Gasteiger partial charge is 0.268 e. The maximum absolute atomic E-state index is 13.0. The third kappa shape index (κ3) is 4.56. The number of para-hydroxylation sites is 1. The summed E-state index contributed by atoms with van der Waals surface area (Å²) in [4.78, 5) is 14.8. The van der Waals surface area contributed by atoms with Crippen molar-refractivity contribution in [2.75, 3.05) is 11.4 Å². The fourth-order valence-corrected chi connectivity index (χ4v) is 3.08. The molecule has 3 rings (SSSR count). The number of carbonyl (C=O) groups is 1. The first-order chi connectivity index (χ1) is 13.2. The number of carbonyl (C=O) groups excluding carboxylic acids is 1. The van der Waals surface area contributed by atoms with Crippen LogP contribution in [0.25, 0.3) is 11.1 Å². The summed E-state index contributed by atoms with van der Waals surface area (Å²) < 4.78 is 6.03. The highest BCUT2D eigenvalue weighted by molar-refractivity contribution is 5.96. The predicted octanol–water partition coefficient (Wildman–Crippen LogP) is 5.56. The highest BCUT2D eigenvalue weighted by atomic mass is 16.5. The first kappa shape index (κ1) is 18.7.